The average molecular weight is 300 g/mol. The van der Waals surface area contributed by atoms with Crippen molar-refractivity contribution in [3.05, 3.63) is 34.4 Å². The van der Waals surface area contributed by atoms with Gasteiger partial charge in [-0.05, 0) is 18.6 Å². The normalized spacial score (nSPS) is 10.6. The smallest absolute Gasteiger partial charge is 0.150 e. The Morgan fingerprint density at radius 1 is 1.44 bits per heavy atom. The number of thiazole rings is 1. The maximum Gasteiger partial charge on any atom is 0.150 e. The number of rotatable bonds is 6. The number of anilines is 1. The van der Waals surface area contributed by atoms with E-state index in [0.29, 0.717) is 5.02 Å². The number of nitrogens with zero attached hydrogens (tertiary/aromatic N) is 2. The van der Waals surface area contributed by atoms with E-state index in [1.807, 2.05) is 17.5 Å². The first-order valence-corrected chi connectivity index (χ1v) is 7.95. The van der Waals surface area contributed by atoms with Crippen molar-refractivity contribution in [1.29, 1.82) is 0 Å². The lowest BCUT2D eigenvalue weighted by molar-refractivity contribution is 0.965. The molecule has 0 amide bonds. The molecule has 1 N–H and O–H groups in total. The first-order valence-electron chi connectivity index (χ1n) is 5.71. The number of pyridine rings is 1. The van der Waals surface area contributed by atoms with Crippen LogP contribution in [0.15, 0.2) is 28.0 Å². The Labute approximate surface area is 120 Å². The fourth-order valence-corrected chi connectivity index (χ4v) is 3.19. The molecule has 0 atom stereocenters. The summed E-state index contributed by atoms with van der Waals surface area (Å²) in [6, 6.07) is 3.81. The SMILES string of the molecule is CCCNc1ccc(Cl)c(CSc2nccs2)n1. The Bertz CT molecular complexity index is 488. The molecule has 0 aliphatic heterocycles. The summed E-state index contributed by atoms with van der Waals surface area (Å²) >= 11 is 9.44. The second-order valence-corrected chi connectivity index (χ2v) is 6.16. The molecule has 2 aromatic rings. The maximum absolute atomic E-state index is 6.15. The highest BCUT2D eigenvalue weighted by atomic mass is 35.5. The van der Waals surface area contributed by atoms with Crippen LogP contribution in [-0.4, -0.2) is 16.5 Å². The van der Waals surface area contributed by atoms with Gasteiger partial charge in [0.15, 0.2) is 0 Å². The zero-order valence-corrected chi connectivity index (χ0v) is 12.4. The highest BCUT2D eigenvalue weighted by molar-refractivity contribution is 8.00. The molecule has 0 spiro atoms. The van der Waals surface area contributed by atoms with Gasteiger partial charge in [-0.1, -0.05) is 30.3 Å². The monoisotopic (exact) mass is 299 g/mol. The van der Waals surface area contributed by atoms with Crippen LogP contribution in [0.3, 0.4) is 0 Å². The molecule has 0 fully saturated rings. The molecule has 0 saturated heterocycles. The molecule has 2 aromatic heterocycles. The van der Waals surface area contributed by atoms with E-state index in [2.05, 4.69) is 22.2 Å². The molecule has 0 unspecified atom stereocenters. The van der Waals surface area contributed by atoms with Gasteiger partial charge in [-0.3, -0.25) is 0 Å². The van der Waals surface area contributed by atoms with Crippen molar-refractivity contribution in [2.45, 2.75) is 23.4 Å². The molecule has 3 nitrogen and oxygen atoms in total. The molecule has 2 rings (SSSR count). The highest BCUT2D eigenvalue weighted by Gasteiger charge is 2.06. The van der Waals surface area contributed by atoms with E-state index in [1.165, 1.54) is 0 Å². The van der Waals surface area contributed by atoms with E-state index >= 15 is 0 Å². The lowest BCUT2D eigenvalue weighted by Crippen LogP contribution is -2.03. The van der Waals surface area contributed by atoms with Gasteiger partial charge in [0.05, 0.1) is 10.7 Å². The maximum atomic E-state index is 6.15. The van der Waals surface area contributed by atoms with Crippen molar-refractivity contribution in [1.82, 2.24) is 9.97 Å². The van der Waals surface area contributed by atoms with Crippen molar-refractivity contribution < 1.29 is 0 Å². The van der Waals surface area contributed by atoms with Crippen molar-refractivity contribution in [3.8, 4) is 0 Å². The van der Waals surface area contributed by atoms with Crippen LogP contribution in [0.5, 0.6) is 0 Å². The Balaban J connectivity index is 2.01. The largest absolute Gasteiger partial charge is 0.370 e. The number of nitrogens with one attached hydrogen (secondary N) is 1. The first-order chi connectivity index (χ1) is 8.79. The molecule has 2 heterocycles. The van der Waals surface area contributed by atoms with Crippen LogP contribution in [0, 0.1) is 0 Å². The summed E-state index contributed by atoms with van der Waals surface area (Å²) in [5.41, 5.74) is 0.901. The van der Waals surface area contributed by atoms with E-state index in [0.717, 1.165) is 34.6 Å². The number of hydrogen-bond donors (Lipinski definition) is 1. The van der Waals surface area contributed by atoms with Gasteiger partial charge < -0.3 is 5.32 Å². The van der Waals surface area contributed by atoms with Gasteiger partial charge in [-0.25, -0.2) is 9.97 Å². The van der Waals surface area contributed by atoms with E-state index in [-0.39, 0.29) is 0 Å². The molecule has 0 aliphatic carbocycles. The summed E-state index contributed by atoms with van der Waals surface area (Å²) in [6.45, 7) is 3.05. The van der Waals surface area contributed by atoms with Gasteiger partial charge in [-0.2, -0.15) is 0 Å². The summed E-state index contributed by atoms with van der Waals surface area (Å²) in [5, 5.41) is 5.94. The van der Waals surface area contributed by atoms with Gasteiger partial charge in [0.25, 0.3) is 0 Å². The van der Waals surface area contributed by atoms with Crippen LogP contribution >= 0.6 is 34.7 Å². The summed E-state index contributed by atoms with van der Waals surface area (Å²) in [7, 11) is 0. The van der Waals surface area contributed by atoms with Crippen LogP contribution in [0.1, 0.15) is 19.0 Å². The molecule has 0 radical (unpaired) electrons. The average Bonchev–Trinajstić information content (AvgIpc) is 2.89. The molecular weight excluding hydrogens is 286 g/mol. The van der Waals surface area contributed by atoms with Gasteiger partial charge in [0.1, 0.15) is 10.2 Å². The van der Waals surface area contributed by atoms with Crippen molar-refractivity contribution in [3.63, 3.8) is 0 Å². The molecular formula is C12H14ClN3S2. The molecule has 0 bridgehead atoms. The summed E-state index contributed by atoms with van der Waals surface area (Å²) in [5.74, 6) is 1.63. The minimum Gasteiger partial charge on any atom is -0.370 e. The van der Waals surface area contributed by atoms with Crippen LogP contribution in [0.25, 0.3) is 0 Å². The van der Waals surface area contributed by atoms with Crippen LogP contribution < -0.4 is 5.32 Å². The van der Waals surface area contributed by atoms with E-state index in [1.54, 1.807) is 29.3 Å². The number of hydrogen-bond acceptors (Lipinski definition) is 5. The van der Waals surface area contributed by atoms with Crippen molar-refractivity contribution in [2.75, 3.05) is 11.9 Å². The predicted octanol–water partition coefficient (Wildman–Crippen LogP) is 4.31. The zero-order valence-electron chi connectivity index (χ0n) is 10.0. The van der Waals surface area contributed by atoms with Crippen LogP contribution in [0.2, 0.25) is 5.02 Å². The molecule has 18 heavy (non-hydrogen) atoms. The topological polar surface area (TPSA) is 37.8 Å². The lowest BCUT2D eigenvalue weighted by atomic mass is 10.3. The third kappa shape index (κ3) is 3.86. The molecule has 0 aliphatic rings. The van der Waals surface area contributed by atoms with Crippen LogP contribution in [-0.2, 0) is 5.75 Å². The van der Waals surface area contributed by atoms with Crippen molar-refractivity contribution >= 4 is 40.5 Å². The fourth-order valence-electron chi connectivity index (χ4n) is 1.35. The van der Waals surface area contributed by atoms with Crippen LogP contribution in [0.4, 0.5) is 5.82 Å². The fraction of sp³-hybridized carbons (Fsp3) is 0.333. The summed E-state index contributed by atoms with van der Waals surface area (Å²) < 4.78 is 1.04. The lowest BCUT2D eigenvalue weighted by Gasteiger charge is -2.07. The van der Waals surface area contributed by atoms with Crippen molar-refractivity contribution in [2.24, 2.45) is 0 Å². The Morgan fingerprint density at radius 2 is 2.33 bits per heavy atom. The molecule has 96 valence electrons. The zero-order chi connectivity index (χ0) is 12.8. The Hall–Kier alpha value is -0.780. The van der Waals surface area contributed by atoms with Gasteiger partial charge in [-0.15, -0.1) is 11.3 Å². The molecule has 6 heteroatoms. The Morgan fingerprint density at radius 3 is 3.06 bits per heavy atom. The summed E-state index contributed by atoms with van der Waals surface area (Å²) in [6.07, 6.45) is 2.88. The number of thioether (sulfide) groups is 1. The van der Waals surface area contributed by atoms with E-state index in [4.69, 9.17) is 11.6 Å². The minimum absolute atomic E-state index is 0.709. The number of halogens is 1. The standard InChI is InChI=1S/C12H14ClN3S2/c1-2-5-14-11-4-3-9(13)10(16-11)8-18-12-15-6-7-17-12/h3-4,6-7H,2,5,8H2,1H3,(H,14,16). The second kappa shape index (κ2) is 6.97. The molecule has 0 saturated carbocycles. The Kier molecular flexibility index (Phi) is 5.28. The first kappa shape index (κ1) is 13.6. The second-order valence-electron chi connectivity index (χ2n) is 3.64. The highest BCUT2D eigenvalue weighted by Crippen LogP contribution is 2.27. The van der Waals surface area contributed by atoms with Gasteiger partial charge >= 0.3 is 0 Å². The third-order valence-corrected chi connectivity index (χ3v) is 4.54. The predicted molar refractivity (Wildman–Crippen MR) is 79.7 cm³/mol. The summed E-state index contributed by atoms with van der Waals surface area (Å²) in [4.78, 5) is 8.75. The minimum atomic E-state index is 0.709. The third-order valence-electron chi connectivity index (χ3n) is 2.22. The van der Waals surface area contributed by atoms with E-state index < -0.39 is 0 Å². The van der Waals surface area contributed by atoms with Gasteiger partial charge in [0, 0.05) is 23.9 Å². The molecule has 0 aromatic carbocycles. The quantitative estimate of drug-likeness (QED) is 0.807. The number of aromatic nitrogens is 2. The van der Waals surface area contributed by atoms with E-state index in [9.17, 15) is 0 Å². The van der Waals surface area contributed by atoms with Gasteiger partial charge in [0.2, 0.25) is 0 Å².